The number of unbranched alkanes of at least 4 members (excludes halogenated alkanes) is 40. The van der Waals surface area contributed by atoms with E-state index in [0.29, 0.717) is 19.3 Å². The second kappa shape index (κ2) is 67.4. The molecule has 0 spiro atoms. The average molecular weight is 1100 g/mol. The molecule has 6 nitrogen and oxygen atoms in total. The van der Waals surface area contributed by atoms with Crippen LogP contribution in [-0.2, 0) is 28.6 Å². The molecule has 458 valence electrons. The van der Waals surface area contributed by atoms with E-state index in [1.54, 1.807) is 0 Å². The van der Waals surface area contributed by atoms with Crippen molar-refractivity contribution < 1.29 is 28.6 Å². The van der Waals surface area contributed by atoms with Gasteiger partial charge in [-0.3, -0.25) is 14.4 Å². The van der Waals surface area contributed by atoms with Gasteiger partial charge in [0.1, 0.15) is 13.2 Å². The van der Waals surface area contributed by atoms with Crippen LogP contribution in [0, 0.1) is 0 Å². The van der Waals surface area contributed by atoms with Crippen LogP contribution in [0.1, 0.15) is 355 Å². The summed E-state index contributed by atoms with van der Waals surface area (Å²) in [6.07, 6.45) is 87.9. The van der Waals surface area contributed by atoms with Crippen LogP contribution < -0.4 is 0 Å². The maximum absolute atomic E-state index is 12.9. The van der Waals surface area contributed by atoms with Crippen molar-refractivity contribution in [2.75, 3.05) is 13.2 Å². The van der Waals surface area contributed by atoms with Crippen molar-refractivity contribution in [2.24, 2.45) is 0 Å². The summed E-state index contributed by atoms with van der Waals surface area (Å²) in [5, 5.41) is 0. The Labute approximate surface area is 491 Å². The van der Waals surface area contributed by atoms with Gasteiger partial charge in [0.15, 0.2) is 6.10 Å². The molecule has 0 amide bonds. The predicted octanol–water partition coefficient (Wildman–Crippen LogP) is 23.7. The SMILES string of the molecule is CCCCCCC/C=C\C/C=C\C/C=C\CCCCCCCCCCCCCCC(=O)OCC(COC(=O)CCCCCCCCCCC)OC(=O)CCCCCCCCCCCC/C=C\C/C=C\C/C=C\CCCCCCC. The molecule has 0 bridgehead atoms. The highest BCUT2D eigenvalue weighted by atomic mass is 16.6. The molecule has 0 aromatic carbocycles. The summed E-state index contributed by atoms with van der Waals surface area (Å²) >= 11 is 0. The standard InChI is InChI=1S/C73H130O6/c1-4-7-10-13-16-19-21-23-25-27-29-31-33-35-36-38-39-41-43-45-47-49-51-54-57-60-63-66-72(75)78-69-70(68-77-71(74)65-62-59-56-53-18-15-12-9-6-3)79-73(76)67-64-61-58-55-52-50-48-46-44-42-40-37-34-32-30-28-26-24-22-20-17-14-11-8-5-2/h21-24,27-30,33-35,37,70H,4-20,25-26,31-32,36,38-69H2,1-3H3/b23-21-,24-22-,29-27-,30-28-,35-33-,37-34-. The lowest BCUT2D eigenvalue weighted by Crippen LogP contribution is -2.30. The fraction of sp³-hybridized carbons (Fsp3) is 0.795. The molecule has 6 heteroatoms. The van der Waals surface area contributed by atoms with Gasteiger partial charge in [-0.1, -0.05) is 312 Å². The molecule has 0 aliphatic carbocycles. The van der Waals surface area contributed by atoms with Crippen molar-refractivity contribution in [3.8, 4) is 0 Å². The van der Waals surface area contributed by atoms with Crippen LogP contribution in [-0.4, -0.2) is 37.2 Å². The lowest BCUT2D eigenvalue weighted by atomic mass is 10.0. The highest BCUT2D eigenvalue weighted by Crippen LogP contribution is 2.17. The predicted molar refractivity (Wildman–Crippen MR) is 344 cm³/mol. The zero-order valence-electron chi connectivity index (χ0n) is 52.6. The van der Waals surface area contributed by atoms with Gasteiger partial charge in [0, 0.05) is 19.3 Å². The van der Waals surface area contributed by atoms with Crippen LogP contribution in [0.4, 0.5) is 0 Å². The van der Waals surface area contributed by atoms with Gasteiger partial charge in [0.25, 0.3) is 0 Å². The van der Waals surface area contributed by atoms with E-state index in [-0.39, 0.29) is 31.1 Å². The third-order valence-corrected chi connectivity index (χ3v) is 15.2. The Morgan fingerprint density at radius 1 is 0.253 bits per heavy atom. The van der Waals surface area contributed by atoms with E-state index in [1.165, 1.54) is 231 Å². The number of hydrogen-bond donors (Lipinski definition) is 0. The third kappa shape index (κ3) is 65.5. The van der Waals surface area contributed by atoms with Crippen molar-refractivity contribution in [3.05, 3.63) is 72.9 Å². The minimum Gasteiger partial charge on any atom is -0.462 e. The number of carbonyl (C=O) groups is 3. The molecular formula is C73H130O6. The highest BCUT2D eigenvalue weighted by molar-refractivity contribution is 5.71. The molecule has 1 atom stereocenters. The molecule has 1 unspecified atom stereocenters. The summed E-state index contributed by atoms with van der Waals surface area (Å²) in [7, 11) is 0. The Bertz CT molecular complexity index is 1450. The first kappa shape index (κ1) is 75.8. The Kier molecular flexibility index (Phi) is 64.7. The van der Waals surface area contributed by atoms with E-state index in [4.69, 9.17) is 14.2 Å². The van der Waals surface area contributed by atoms with Crippen LogP contribution in [0.5, 0.6) is 0 Å². The molecule has 79 heavy (non-hydrogen) atoms. The molecule has 0 aliphatic rings. The number of esters is 3. The number of hydrogen-bond acceptors (Lipinski definition) is 6. The average Bonchev–Trinajstić information content (AvgIpc) is 3.45. The number of carbonyl (C=O) groups excluding carboxylic acids is 3. The normalized spacial score (nSPS) is 12.5. The Morgan fingerprint density at radius 3 is 0.709 bits per heavy atom. The molecule has 0 rings (SSSR count). The topological polar surface area (TPSA) is 78.9 Å². The van der Waals surface area contributed by atoms with E-state index in [0.717, 1.165) is 83.5 Å². The second-order valence-corrected chi connectivity index (χ2v) is 23.1. The maximum Gasteiger partial charge on any atom is 0.306 e. The molecule has 0 fully saturated rings. The molecule has 0 N–H and O–H groups in total. The summed E-state index contributed by atoms with van der Waals surface area (Å²) < 4.78 is 16.9. The smallest absolute Gasteiger partial charge is 0.306 e. The lowest BCUT2D eigenvalue weighted by molar-refractivity contribution is -0.167. The Hall–Kier alpha value is -3.15. The third-order valence-electron chi connectivity index (χ3n) is 15.2. The zero-order chi connectivity index (χ0) is 57.1. The van der Waals surface area contributed by atoms with Crippen LogP contribution >= 0.6 is 0 Å². The van der Waals surface area contributed by atoms with Crippen molar-refractivity contribution in [1.82, 2.24) is 0 Å². The first-order chi connectivity index (χ1) is 39.0. The lowest BCUT2D eigenvalue weighted by Gasteiger charge is -2.18. The molecule has 0 aromatic rings. The monoisotopic (exact) mass is 1100 g/mol. The number of ether oxygens (including phenoxy) is 3. The fourth-order valence-electron chi connectivity index (χ4n) is 9.99. The van der Waals surface area contributed by atoms with Crippen molar-refractivity contribution in [1.29, 1.82) is 0 Å². The fourth-order valence-corrected chi connectivity index (χ4v) is 9.99. The van der Waals surface area contributed by atoms with Gasteiger partial charge in [-0.15, -0.1) is 0 Å². The van der Waals surface area contributed by atoms with Gasteiger partial charge < -0.3 is 14.2 Å². The van der Waals surface area contributed by atoms with E-state index in [9.17, 15) is 14.4 Å². The second-order valence-electron chi connectivity index (χ2n) is 23.1. The van der Waals surface area contributed by atoms with E-state index in [2.05, 4.69) is 93.7 Å². The van der Waals surface area contributed by atoms with Gasteiger partial charge in [0.2, 0.25) is 0 Å². The summed E-state index contributed by atoms with van der Waals surface area (Å²) in [6.45, 7) is 6.63. The number of rotatable bonds is 63. The molecule has 0 saturated carbocycles. The number of allylic oxidation sites excluding steroid dienone is 12. The molecular weight excluding hydrogens is 973 g/mol. The molecule has 0 radical (unpaired) electrons. The van der Waals surface area contributed by atoms with Crippen LogP contribution in [0.15, 0.2) is 72.9 Å². The van der Waals surface area contributed by atoms with E-state index < -0.39 is 6.10 Å². The van der Waals surface area contributed by atoms with E-state index >= 15 is 0 Å². The van der Waals surface area contributed by atoms with Gasteiger partial charge >= 0.3 is 17.9 Å². The quantitative estimate of drug-likeness (QED) is 0.0261. The summed E-state index contributed by atoms with van der Waals surface area (Å²) in [4.78, 5) is 38.3. The van der Waals surface area contributed by atoms with Crippen molar-refractivity contribution >= 4 is 17.9 Å². The maximum atomic E-state index is 12.9. The minimum absolute atomic E-state index is 0.0743. The zero-order valence-corrected chi connectivity index (χ0v) is 52.6. The van der Waals surface area contributed by atoms with Gasteiger partial charge in [-0.2, -0.15) is 0 Å². The molecule has 0 saturated heterocycles. The van der Waals surface area contributed by atoms with Crippen molar-refractivity contribution in [2.45, 2.75) is 361 Å². The van der Waals surface area contributed by atoms with Gasteiger partial charge in [-0.05, 0) is 96.3 Å². The first-order valence-corrected chi connectivity index (χ1v) is 34.4. The van der Waals surface area contributed by atoms with Crippen LogP contribution in [0.3, 0.4) is 0 Å². The summed E-state index contributed by atoms with van der Waals surface area (Å²) in [5.41, 5.74) is 0. The summed E-state index contributed by atoms with van der Waals surface area (Å²) in [6, 6.07) is 0. The molecule has 0 aromatic heterocycles. The highest BCUT2D eigenvalue weighted by Gasteiger charge is 2.19. The Morgan fingerprint density at radius 2 is 0.456 bits per heavy atom. The molecule has 0 aliphatic heterocycles. The van der Waals surface area contributed by atoms with Crippen LogP contribution in [0.25, 0.3) is 0 Å². The minimum atomic E-state index is -0.777. The van der Waals surface area contributed by atoms with E-state index in [1.807, 2.05) is 0 Å². The first-order valence-electron chi connectivity index (χ1n) is 34.4. The Balaban J connectivity index is 4.18. The summed E-state index contributed by atoms with van der Waals surface area (Å²) in [5.74, 6) is -0.866. The largest absolute Gasteiger partial charge is 0.462 e. The van der Waals surface area contributed by atoms with Crippen LogP contribution in [0.2, 0.25) is 0 Å². The van der Waals surface area contributed by atoms with Gasteiger partial charge in [-0.25, -0.2) is 0 Å². The molecule has 0 heterocycles. The van der Waals surface area contributed by atoms with Crippen molar-refractivity contribution in [3.63, 3.8) is 0 Å². The van der Waals surface area contributed by atoms with Gasteiger partial charge in [0.05, 0.1) is 0 Å².